The molecular weight excluding hydrogens is 1230 g/mol. The van der Waals surface area contributed by atoms with E-state index in [1.54, 1.807) is 20.3 Å². The van der Waals surface area contributed by atoms with Crippen LogP contribution in [0.25, 0.3) is 0 Å². The summed E-state index contributed by atoms with van der Waals surface area (Å²) in [6.07, 6.45) is 5.68. The second kappa shape index (κ2) is 27.9. The monoisotopic (exact) mass is 1320 g/mol. The van der Waals surface area contributed by atoms with Crippen LogP contribution in [0.15, 0.2) is 85.5 Å². The average Bonchev–Trinajstić information content (AvgIpc) is 1.15. The van der Waals surface area contributed by atoms with Gasteiger partial charge in [0.1, 0.15) is 54.9 Å². The first-order chi connectivity index (χ1) is 47.0. The lowest BCUT2D eigenvalue weighted by Crippen LogP contribution is -2.68. The van der Waals surface area contributed by atoms with Crippen molar-refractivity contribution in [3.63, 3.8) is 0 Å². The van der Waals surface area contributed by atoms with Gasteiger partial charge in [-0.3, -0.25) is 29.2 Å². The molecule has 0 spiro atoms. The first-order valence-corrected chi connectivity index (χ1v) is 33.5. The quantitative estimate of drug-likeness (QED) is 0.0453. The topological polar surface area (TPSA) is 216 Å². The summed E-state index contributed by atoms with van der Waals surface area (Å²) < 4.78 is 66.1. The van der Waals surface area contributed by atoms with Crippen LogP contribution >= 0.6 is 0 Å². The lowest BCUT2D eigenvalue weighted by Gasteiger charge is -2.60. The zero-order valence-corrected chi connectivity index (χ0v) is 57.0. The van der Waals surface area contributed by atoms with Crippen molar-refractivity contribution >= 4 is 11.9 Å². The number of nitrogens with zero attached hydrogens (tertiary/aromatic N) is 6. The highest BCUT2D eigenvalue weighted by Gasteiger charge is 2.59. The van der Waals surface area contributed by atoms with Gasteiger partial charge in [0.2, 0.25) is 13.6 Å². The van der Waals surface area contributed by atoms with E-state index < -0.39 is 24.2 Å². The zero-order valence-electron chi connectivity index (χ0n) is 57.0. The molecule has 4 bridgehead atoms. The summed E-state index contributed by atoms with van der Waals surface area (Å²) in [5.74, 6) is 4.17. The van der Waals surface area contributed by atoms with Crippen molar-refractivity contribution < 1.29 is 66.8 Å². The maximum Gasteiger partial charge on any atom is 0.306 e. The molecule has 2 unspecified atom stereocenters. The number of phenolic OH excluding ortho intramolecular Hbond substituents is 1. The molecule has 20 heteroatoms. The number of fused-ring (bicyclic) bond motifs is 18. The van der Waals surface area contributed by atoms with Gasteiger partial charge in [0, 0.05) is 95.7 Å². The molecule has 0 radical (unpaired) electrons. The molecule has 508 valence electrons. The Bertz CT molecular complexity index is 4110. The summed E-state index contributed by atoms with van der Waals surface area (Å²) in [7, 11) is 7.43. The molecule has 8 heterocycles. The van der Waals surface area contributed by atoms with Gasteiger partial charge in [-0.2, -0.15) is 10.5 Å². The number of esters is 2. The van der Waals surface area contributed by atoms with Crippen LogP contribution in [0.3, 0.4) is 0 Å². The van der Waals surface area contributed by atoms with E-state index >= 15 is 0 Å². The molecule has 0 aromatic heterocycles. The molecule has 8 aliphatic rings. The number of likely N-dealkylation sites (N-methyl/N-ethyl adjacent to an activating group) is 2. The van der Waals surface area contributed by atoms with E-state index in [4.69, 9.17) is 52.1 Å². The standard InChI is InChI=1S/C40H45N3O7.C37H41N3O7/c1-7-15-46-37-25(4)39-40(50-22-49-39)35-28(37)18-30-36-34-27(16-23(2)24(3)38(34)48-21-45-6)17-29(42(36)5)31(19-41)43(30)32(35)20-47-33(44)14-13-26-11-9-8-10-12-26;1-20-13-24-14-26-28(16-38)40-27(33(39(26)4)31(24)35(21(20)2)45-18-43-5)15-25-32(37-36(46-19-47-37)22(3)34(25)42)29(40)17-44-30(41)12-11-23-9-7-6-8-10-23/h7-12,16,29-32,36H,1,13-15,17-18,20-22H2,2-6H3;6-10,13,26-29,33,42H,11-12,14-15,17-19H2,1-5H3/t29-,30?,31-,32-,36-;26-,27?,28-,29-,33-/m00/s1. The number of methoxy groups -OCH3 is 2. The van der Waals surface area contributed by atoms with Crippen LogP contribution < -0.4 is 33.2 Å². The number of ether oxygens (including phenoxy) is 11. The van der Waals surface area contributed by atoms with Gasteiger partial charge in [-0.05, 0) is 139 Å². The molecule has 0 amide bonds. The van der Waals surface area contributed by atoms with E-state index in [-0.39, 0.29) is 107 Å². The largest absolute Gasteiger partial charge is 0.507 e. The molecule has 2 saturated heterocycles. The van der Waals surface area contributed by atoms with E-state index in [2.05, 4.69) is 92.2 Å². The second-order valence-electron chi connectivity index (χ2n) is 26.7. The van der Waals surface area contributed by atoms with Crippen LogP contribution in [0.4, 0.5) is 0 Å². The van der Waals surface area contributed by atoms with Crippen molar-refractivity contribution in [3.05, 3.63) is 174 Å². The summed E-state index contributed by atoms with van der Waals surface area (Å²) in [4.78, 5) is 35.7. The fourth-order valence-electron chi connectivity index (χ4n) is 16.9. The van der Waals surface area contributed by atoms with Crippen LogP contribution in [0.5, 0.6) is 46.0 Å². The zero-order chi connectivity index (χ0) is 68.1. The number of phenols is 1. The van der Waals surface area contributed by atoms with Gasteiger partial charge in [-0.1, -0.05) is 85.5 Å². The molecular formula is C77H86N6O14. The minimum absolute atomic E-state index is 0.00354. The maximum atomic E-state index is 13.4. The Morgan fingerprint density at radius 2 is 1.00 bits per heavy atom. The Hall–Kier alpha value is -8.86. The van der Waals surface area contributed by atoms with Crippen molar-refractivity contribution in [3.8, 4) is 58.1 Å². The van der Waals surface area contributed by atoms with Crippen molar-refractivity contribution in [2.75, 3.05) is 75.3 Å². The van der Waals surface area contributed by atoms with Gasteiger partial charge in [-0.15, -0.1) is 0 Å². The third-order valence-corrected chi connectivity index (χ3v) is 21.6. The van der Waals surface area contributed by atoms with Gasteiger partial charge < -0.3 is 57.2 Å². The average molecular weight is 1320 g/mol. The van der Waals surface area contributed by atoms with Crippen LogP contribution in [0, 0.1) is 64.2 Å². The minimum atomic E-state index is -0.550. The lowest BCUT2D eigenvalue weighted by molar-refractivity contribution is -0.150. The van der Waals surface area contributed by atoms with Crippen LogP contribution in [0.2, 0.25) is 0 Å². The molecule has 1 N–H and O–H groups in total. The molecule has 6 aromatic carbocycles. The lowest BCUT2D eigenvalue weighted by atomic mass is 9.71. The van der Waals surface area contributed by atoms with Crippen LogP contribution in [-0.4, -0.2) is 148 Å². The summed E-state index contributed by atoms with van der Waals surface area (Å²) >= 11 is 0. The predicted molar refractivity (Wildman–Crippen MR) is 359 cm³/mol. The third-order valence-electron chi connectivity index (χ3n) is 21.6. The fraction of sp³-hybridized carbons (Fsp3) is 0.455. The van der Waals surface area contributed by atoms with E-state index in [0.29, 0.717) is 73.7 Å². The Morgan fingerprint density at radius 1 is 0.567 bits per heavy atom. The van der Waals surface area contributed by atoms with Gasteiger partial charge in [-0.25, -0.2) is 0 Å². The maximum absolute atomic E-state index is 13.4. The van der Waals surface area contributed by atoms with Crippen molar-refractivity contribution in [2.45, 2.75) is 153 Å². The molecule has 14 rings (SSSR count). The summed E-state index contributed by atoms with van der Waals surface area (Å²) in [5.41, 5.74) is 15.8. The Morgan fingerprint density at radius 3 is 1.44 bits per heavy atom. The van der Waals surface area contributed by atoms with Crippen molar-refractivity contribution in [1.29, 1.82) is 10.5 Å². The van der Waals surface area contributed by atoms with Crippen molar-refractivity contribution in [2.24, 2.45) is 0 Å². The number of benzene rings is 6. The number of carbonyl (C=O) groups is 2. The second-order valence-corrected chi connectivity index (χ2v) is 26.7. The molecule has 6 aromatic rings. The first-order valence-electron chi connectivity index (χ1n) is 33.5. The number of nitriles is 2. The number of aromatic hydroxyl groups is 1. The van der Waals surface area contributed by atoms with E-state index in [1.165, 1.54) is 5.56 Å². The third kappa shape index (κ3) is 11.8. The summed E-state index contributed by atoms with van der Waals surface area (Å²) in [6.45, 7) is 16.7. The number of carbonyl (C=O) groups excluding carboxylic acids is 2. The normalized spacial score (nSPS) is 23.7. The fourth-order valence-corrected chi connectivity index (χ4v) is 16.9. The molecule has 20 nitrogen and oxygen atoms in total. The van der Waals surface area contributed by atoms with Gasteiger partial charge in [0.05, 0.1) is 36.3 Å². The number of piperazine rings is 2. The molecule has 0 aliphatic carbocycles. The van der Waals surface area contributed by atoms with Gasteiger partial charge >= 0.3 is 11.9 Å². The van der Waals surface area contributed by atoms with Crippen LogP contribution in [-0.2, 0) is 67.1 Å². The van der Waals surface area contributed by atoms with E-state index in [9.17, 15) is 25.2 Å². The number of rotatable bonds is 19. The molecule has 10 atom stereocenters. The Balaban J connectivity index is 0.000000175. The minimum Gasteiger partial charge on any atom is -0.507 e. The number of hydrogen-bond acceptors (Lipinski definition) is 20. The highest BCUT2D eigenvalue weighted by Crippen LogP contribution is 2.61. The van der Waals surface area contributed by atoms with Gasteiger partial charge in [0.15, 0.2) is 36.6 Å². The Kier molecular flexibility index (Phi) is 19.2. The van der Waals surface area contributed by atoms with E-state index in [1.807, 2.05) is 74.5 Å². The smallest absolute Gasteiger partial charge is 0.306 e. The first kappa shape index (κ1) is 66.7. The van der Waals surface area contributed by atoms with E-state index in [0.717, 1.165) is 95.1 Å². The van der Waals surface area contributed by atoms with Crippen molar-refractivity contribution in [1.82, 2.24) is 19.6 Å². The molecule has 0 saturated carbocycles. The Labute approximate surface area is 567 Å². The predicted octanol–water partition coefficient (Wildman–Crippen LogP) is 10.8. The molecule has 8 aliphatic heterocycles. The van der Waals surface area contributed by atoms with Gasteiger partial charge in [0.25, 0.3) is 0 Å². The number of hydrogen-bond donors (Lipinski definition) is 1. The summed E-state index contributed by atoms with van der Waals surface area (Å²) in [6, 6.07) is 26.5. The molecule has 2 fully saturated rings. The highest BCUT2D eigenvalue weighted by atomic mass is 16.7. The SMILES string of the molecule is C=CCOc1c(C)c2c(c3c1CC1[C@H]4c5c(cc(C)c(C)c5OCOC)C[C@@H]([C@H](C#N)N1[C@H]3COC(=O)CCc1ccccc1)N4C)OCO2.COCOc1c(C)c(C)cc2c1[C@@H]1C3Cc4c(O)c(C)c5c(c4[C@H](COC(=O)CCc4ccccc4)N3[C@@H](C#N)[C@H](C2)N1C)OCO5. The van der Waals surface area contributed by atoms with Crippen LogP contribution in [0.1, 0.15) is 126 Å². The summed E-state index contributed by atoms with van der Waals surface area (Å²) in [5, 5.41) is 33.5. The highest BCUT2D eigenvalue weighted by molar-refractivity contribution is 5.72. The number of aryl methyl sites for hydroxylation is 4. The molecule has 97 heavy (non-hydrogen) atoms.